The van der Waals surface area contributed by atoms with Crippen molar-refractivity contribution < 1.29 is 18.4 Å². The molecule has 0 fully saturated rings. The molecule has 31 heavy (non-hydrogen) atoms. The van der Waals surface area contributed by atoms with Crippen LogP contribution in [0.1, 0.15) is 49.6 Å². The van der Waals surface area contributed by atoms with Crippen molar-refractivity contribution in [3.8, 4) is 0 Å². The molecule has 160 valence electrons. The topological polar surface area (TPSA) is 58.2 Å². The lowest BCUT2D eigenvalue weighted by Gasteiger charge is -2.13. The number of hydrogen-bond donors (Lipinski definition) is 2. The van der Waals surface area contributed by atoms with E-state index in [1.165, 1.54) is 11.3 Å². The fourth-order valence-electron chi connectivity index (χ4n) is 3.63. The number of amides is 2. The van der Waals surface area contributed by atoms with Crippen LogP contribution in [0.2, 0.25) is 5.02 Å². The van der Waals surface area contributed by atoms with Crippen molar-refractivity contribution in [2.24, 2.45) is 0 Å². The molecule has 0 aliphatic heterocycles. The standard InChI is InChI=1S/C23H19ClF2N2O2S/c24-16-11-18(26)17(25)10-15(16)21(29)28-23-20(14-8-4-5-9-19(14)31-23)22(30)27-12-13-6-2-1-3-7-13/h1-3,6-7,10-11H,4-5,8-9,12H2,(H,27,30)(H,28,29). The van der Waals surface area contributed by atoms with Crippen LogP contribution in [0.15, 0.2) is 42.5 Å². The first-order valence-corrected chi connectivity index (χ1v) is 11.1. The Balaban J connectivity index is 1.62. The number of anilines is 1. The number of hydrogen-bond acceptors (Lipinski definition) is 3. The zero-order valence-electron chi connectivity index (χ0n) is 16.4. The van der Waals surface area contributed by atoms with Crippen LogP contribution in [-0.2, 0) is 19.4 Å². The first-order valence-electron chi connectivity index (χ1n) is 9.86. The highest BCUT2D eigenvalue weighted by Crippen LogP contribution is 2.38. The van der Waals surface area contributed by atoms with Crippen LogP contribution in [0.5, 0.6) is 0 Å². The van der Waals surface area contributed by atoms with Crippen molar-refractivity contribution in [3.63, 3.8) is 0 Å². The van der Waals surface area contributed by atoms with E-state index in [9.17, 15) is 18.4 Å². The highest BCUT2D eigenvalue weighted by atomic mass is 35.5. The van der Waals surface area contributed by atoms with Gasteiger partial charge in [-0.25, -0.2) is 8.78 Å². The molecular formula is C23H19ClF2N2O2S. The summed E-state index contributed by atoms with van der Waals surface area (Å²) in [5.74, 6) is -3.27. The first kappa shape index (κ1) is 21.5. The fourth-order valence-corrected chi connectivity index (χ4v) is 5.15. The van der Waals surface area contributed by atoms with E-state index in [2.05, 4.69) is 10.6 Å². The molecule has 1 aromatic heterocycles. The molecule has 0 atom stereocenters. The van der Waals surface area contributed by atoms with Crippen molar-refractivity contribution in [2.75, 3.05) is 5.32 Å². The number of carbonyl (C=O) groups excluding carboxylic acids is 2. The number of benzene rings is 2. The number of nitrogens with one attached hydrogen (secondary N) is 2. The highest BCUT2D eigenvalue weighted by molar-refractivity contribution is 7.17. The summed E-state index contributed by atoms with van der Waals surface area (Å²) < 4.78 is 27.0. The number of aryl methyl sites for hydroxylation is 1. The maximum atomic E-state index is 13.6. The summed E-state index contributed by atoms with van der Waals surface area (Å²) in [6, 6.07) is 11.0. The van der Waals surface area contributed by atoms with Gasteiger partial charge in [0, 0.05) is 11.4 Å². The molecule has 0 saturated heterocycles. The normalized spacial score (nSPS) is 12.9. The van der Waals surface area contributed by atoms with Crippen LogP contribution in [0.3, 0.4) is 0 Å². The number of fused-ring (bicyclic) bond motifs is 1. The molecule has 0 spiro atoms. The Morgan fingerprint density at radius 1 is 1.00 bits per heavy atom. The Kier molecular flexibility index (Phi) is 6.34. The lowest BCUT2D eigenvalue weighted by atomic mass is 9.95. The molecule has 1 aliphatic rings. The van der Waals surface area contributed by atoms with Crippen molar-refractivity contribution in [1.29, 1.82) is 0 Å². The van der Waals surface area contributed by atoms with Gasteiger partial charge in [0.15, 0.2) is 11.6 Å². The third-order valence-corrected chi connectivity index (χ3v) is 6.70. The maximum absolute atomic E-state index is 13.6. The van der Waals surface area contributed by atoms with Crippen molar-refractivity contribution >= 4 is 39.8 Å². The SMILES string of the molecule is O=C(Nc1sc2c(c1C(=O)NCc1ccccc1)CCCC2)c1cc(F)c(F)cc1Cl. The minimum Gasteiger partial charge on any atom is -0.348 e. The van der Waals surface area contributed by atoms with E-state index in [0.717, 1.165) is 53.8 Å². The van der Waals surface area contributed by atoms with Crippen LogP contribution < -0.4 is 10.6 Å². The number of rotatable bonds is 5. The number of halogens is 3. The summed E-state index contributed by atoms with van der Waals surface area (Å²) in [5.41, 5.74) is 2.14. The molecule has 1 aliphatic carbocycles. The molecule has 0 bridgehead atoms. The maximum Gasteiger partial charge on any atom is 0.257 e. The van der Waals surface area contributed by atoms with Gasteiger partial charge in [0.25, 0.3) is 11.8 Å². The second-order valence-corrected chi connectivity index (χ2v) is 8.80. The van der Waals surface area contributed by atoms with E-state index in [0.29, 0.717) is 17.1 Å². The van der Waals surface area contributed by atoms with Gasteiger partial charge in [0.05, 0.1) is 16.1 Å². The van der Waals surface area contributed by atoms with Crippen LogP contribution in [0.4, 0.5) is 13.8 Å². The fraction of sp³-hybridized carbons (Fsp3) is 0.217. The Hall–Kier alpha value is -2.77. The molecule has 2 aromatic carbocycles. The molecule has 4 nitrogen and oxygen atoms in total. The molecular weight excluding hydrogens is 442 g/mol. The van der Waals surface area contributed by atoms with Crippen LogP contribution >= 0.6 is 22.9 Å². The Morgan fingerprint density at radius 3 is 2.48 bits per heavy atom. The third kappa shape index (κ3) is 4.62. The minimum atomic E-state index is -1.17. The van der Waals surface area contributed by atoms with Crippen LogP contribution in [0.25, 0.3) is 0 Å². The second kappa shape index (κ2) is 9.16. The molecule has 1 heterocycles. The summed E-state index contributed by atoms with van der Waals surface area (Å²) >= 11 is 7.28. The summed E-state index contributed by atoms with van der Waals surface area (Å²) in [4.78, 5) is 26.9. The molecule has 0 saturated carbocycles. The Morgan fingerprint density at radius 2 is 1.71 bits per heavy atom. The monoisotopic (exact) mass is 460 g/mol. The average molecular weight is 461 g/mol. The summed E-state index contributed by atoms with van der Waals surface area (Å²) in [6.07, 6.45) is 3.56. The van der Waals surface area contributed by atoms with Crippen molar-refractivity contribution in [3.05, 3.63) is 86.3 Å². The lowest BCUT2D eigenvalue weighted by Crippen LogP contribution is -2.25. The number of carbonyl (C=O) groups is 2. The smallest absolute Gasteiger partial charge is 0.257 e. The van der Waals surface area contributed by atoms with E-state index in [1.807, 2.05) is 30.3 Å². The van der Waals surface area contributed by atoms with Crippen LogP contribution in [-0.4, -0.2) is 11.8 Å². The predicted molar refractivity (Wildman–Crippen MR) is 118 cm³/mol. The summed E-state index contributed by atoms with van der Waals surface area (Å²) in [7, 11) is 0. The van der Waals surface area contributed by atoms with E-state index < -0.39 is 17.5 Å². The predicted octanol–water partition coefficient (Wildman–Crippen LogP) is 5.74. The van der Waals surface area contributed by atoms with Crippen molar-refractivity contribution in [2.45, 2.75) is 32.2 Å². The quantitative estimate of drug-likeness (QED) is 0.477. The second-order valence-electron chi connectivity index (χ2n) is 7.28. The van der Waals surface area contributed by atoms with Gasteiger partial charge >= 0.3 is 0 Å². The van der Waals surface area contributed by atoms with Gasteiger partial charge in [-0.15, -0.1) is 11.3 Å². The van der Waals surface area contributed by atoms with Gasteiger partial charge in [-0.2, -0.15) is 0 Å². The Labute approximate surface area is 187 Å². The van der Waals surface area contributed by atoms with E-state index in [1.54, 1.807) is 0 Å². The molecule has 2 amide bonds. The van der Waals surface area contributed by atoms with Crippen molar-refractivity contribution in [1.82, 2.24) is 5.32 Å². The lowest BCUT2D eigenvalue weighted by molar-refractivity contribution is 0.0951. The molecule has 0 radical (unpaired) electrons. The Bertz CT molecular complexity index is 1150. The number of thiophene rings is 1. The van der Waals surface area contributed by atoms with Gasteiger partial charge in [0.1, 0.15) is 5.00 Å². The average Bonchev–Trinajstić information content (AvgIpc) is 3.13. The zero-order valence-corrected chi connectivity index (χ0v) is 18.0. The largest absolute Gasteiger partial charge is 0.348 e. The molecule has 0 unspecified atom stereocenters. The van der Waals surface area contributed by atoms with Crippen LogP contribution in [0, 0.1) is 11.6 Å². The van der Waals surface area contributed by atoms with Gasteiger partial charge < -0.3 is 10.6 Å². The molecule has 4 rings (SSSR count). The molecule has 3 aromatic rings. The van der Waals surface area contributed by atoms with E-state index >= 15 is 0 Å². The van der Waals surface area contributed by atoms with Gasteiger partial charge in [0.2, 0.25) is 0 Å². The minimum absolute atomic E-state index is 0.192. The highest BCUT2D eigenvalue weighted by Gasteiger charge is 2.27. The summed E-state index contributed by atoms with van der Waals surface area (Å²) in [5, 5.41) is 5.80. The molecule has 8 heteroatoms. The summed E-state index contributed by atoms with van der Waals surface area (Å²) in [6.45, 7) is 0.354. The first-order chi connectivity index (χ1) is 14.9. The molecule has 2 N–H and O–H groups in total. The van der Waals surface area contributed by atoms with E-state index in [-0.39, 0.29) is 16.5 Å². The van der Waals surface area contributed by atoms with Gasteiger partial charge in [-0.3, -0.25) is 9.59 Å². The van der Waals surface area contributed by atoms with Gasteiger partial charge in [-0.05, 0) is 48.9 Å². The third-order valence-electron chi connectivity index (χ3n) is 5.18. The van der Waals surface area contributed by atoms with E-state index in [4.69, 9.17) is 11.6 Å². The zero-order chi connectivity index (χ0) is 22.0. The van der Waals surface area contributed by atoms with Gasteiger partial charge in [-0.1, -0.05) is 41.9 Å².